The maximum absolute atomic E-state index is 12.8. The number of amides is 3. The van der Waals surface area contributed by atoms with E-state index in [4.69, 9.17) is 0 Å². The number of unbranched alkanes of at least 4 members (excludes halogenated alkanes) is 1. The summed E-state index contributed by atoms with van der Waals surface area (Å²) in [6.45, 7) is 1.52. The minimum Gasteiger partial charge on any atom is -0.363 e. The first-order valence-corrected chi connectivity index (χ1v) is 8.84. The average molecular weight is 453 g/mol. The van der Waals surface area contributed by atoms with Crippen molar-refractivity contribution < 1.29 is 50.2 Å². The highest BCUT2D eigenvalue weighted by atomic mass is 19.4. The number of nitrogens with one attached hydrogen (secondary N) is 3. The van der Waals surface area contributed by atoms with Crippen LogP contribution in [0.4, 0.5) is 26.3 Å². The number of hydrogen-bond donors (Lipinski definition) is 3. The van der Waals surface area contributed by atoms with E-state index in [0.717, 1.165) is 7.11 Å². The Balaban J connectivity index is 4.74. The van der Waals surface area contributed by atoms with Gasteiger partial charge in [-0.2, -0.15) is 26.3 Å². The minimum atomic E-state index is -4.98. The standard InChI is InChI=1S/C16H25F6N3O5/c1-4-23-12(26)9(25-14(28)11(30-3)16(20,21)22)7-5-6-8-24-13(27)10(29-2)15(17,18)19/h9-11H,4-8H2,1-3H3,(H,23,26)(H,24,27)(H,25,28). The summed E-state index contributed by atoms with van der Waals surface area (Å²) in [7, 11) is 1.42. The molecule has 14 heteroatoms. The zero-order valence-electron chi connectivity index (χ0n) is 16.6. The highest BCUT2D eigenvalue weighted by Crippen LogP contribution is 2.23. The number of carbonyl (C=O) groups is 3. The van der Waals surface area contributed by atoms with E-state index in [1.54, 1.807) is 6.92 Å². The van der Waals surface area contributed by atoms with Gasteiger partial charge in [-0.15, -0.1) is 0 Å². The molecule has 0 rings (SSSR count). The maximum atomic E-state index is 12.8. The van der Waals surface area contributed by atoms with E-state index in [9.17, 15) is 40.7 Å². The zero-order chi connectivity index (χ0) is 23.5. The fraction of sp³-hybridized carbons (Fsp3) is 0.812. The molecule has 0 aliphatic carbocycles. The summed E-state index contributed by atoms with van der Waals surface area (Å²) in [5.41, 5.74) is 0. The van der Waals surface area contributed by atoms with Crippen LogP contribution in [0.5, 0.6) is 0 Å². The highest BCUT2D eigenvalue weighted by molar-refractivity contribution is 5.89. The molecular weight excluding hydrogens is 428 g/mol. The van der Waals surface area contributed by atoms with Crippen molar-refractivity contribution in [3.8, 4) is 0 Å². The van der Waals surface area contributed by atoms with Crippen LogP contribution in [-0.4, -0.2) is 75.6 Å². The summed E-state index contributed by atoms with van der Waals surface area (Å²) in [4.78, 5) is 35.3. The van der Waals surface area contributed by atoms with Crippen molar-refractivity contribution in [2.75, 3.05) is 27.3 Å². The Hall–Kier alpha value is -2.09. The molecule has 0 saturated carbocycles. The van der Waals surface area contributed by atoms with Gasteiger partial charge in [0.2, 0.25) is 18.1 Å². The SMILES string of the molecule is CCNC(=O)C(CCCCNC(=O)C(OC)C(F)(F)F)NC(=O)C(OC)C(F)(F)F. The molecule has 176 valence electrons. The van der Waals surface area contributed by atoms with Gasteiger partial charge in [-0.05, 0) is 26.2 Å². The van der Waals surface area contributed by atoms with Gasteiger partial charge in [-0.25, -0.2) is 0 Å². The third-order valence-corrected chi connectivity index (χ3v) is 3.75. The Morgan fingerprint density at radius 2 is 1.30 bits per heavy atom. The molecule has 3 amide bonds. The number of alkyl halides is 6. The van der Waals surface area contributed by atoms with Gasteiger partial charge in [0.15, 0.2) is 0 Å². The largest absolute Gasteiger partial charge is 0.423 e. The van der Waals surface area contributed by atoms with Gasteiger partial charge >= 0.3 is 12.4 Å². The molecule has 0 radical (unpaired) electrons. The molecule has 30 heavy (non-hydrogen) atoms. The lowest BCUT2D eigenvalue weighted by Gasteiger charge is -2.23. The lowest BCUT2D eigenvalue weighted by atomic mass is 10.1. The lowest BCUT2D eigenvalue weighted by molar-refractivity contribution is -0.213. The van der Waals surface area contributed by atoms with Crippen LogP contribution in [0.25, 0.3) is 0 Å². The molecule has 0 aromatic carbocycles. The van der Waals surface area contributed by atoms with E-state index in [1.165, 1.54) is 0 Å². The third-order valence-electron chi connectivity index (χ3n) is 3.75. The maximum Gasteiger partial charge on any atom is 0.423 e. The van der Waals surface area contributed by atoms with Crippen LogP contribution in [0.1, 0.15) is 26.2 Å². The molecule has 0 aliphatic heterocycles. The Labute approximate surface area is 169 Å². The van der Waals surface area contributed by atoms with Crippen LogP contribution in [0.3, 0.4) is 0 Å². The van der Waals surface area contributed by atoms with Crippen molar-refractivity contribution in [3.63, 3.8) is 0 Å². The number of methoxy groups -OCH3 is 2. The Morgan fingerprint density at radius 3 is 1.73 bits per heavy atom. The second-order valence-electron chi connectivity index (χ2n) is 6.06. The molecule has 3 atom stereocenters. The minimum absolute atomic E-state index is 0.0960. The number of carbonyl (C=O) groups excluding carboxylic acids is 3. The molecule has 0 aromatic rings. The van der Waals surface area contributed by atoms with Gasteiger partial charge in [-0.3, -0.25) is 14.4 Å². The van der Waals surface area contributed by atoms with Gasteiger partial charge < -0.3 is 25.4 Å². The van der Waals surface area contributed by atoms with Crippen molar-refractivity contribution in [1.29, 1.82) is 0 Å². The van der Waals surface area contributed by atoms with Crippen LogP contribution in [0.2, 0.25) is 0 Å². The molecule has 8 nitrogen and oxygen atoms in total. The van der Waals surface area contributed by atoms with E-state index in [0.29, 0.717) is 7.11 Å². The highest BCUT2D eigenvalue weighted by Gasteiger charge is 2.46. The lowest BCUT2D eigenvalue weighted by Crippen LogP contribution is -2.53. The number of rotatable bonds is 12. The topological polar surface area (TPSA) is 106 Å². The first kappa shape index (κ1) is 27.9. The molecular formula is C16H25F6N3O5. The summed E-state index contributed by atoms with van der Waals surface area (Å²) < 4.78 is 84.2. The molecule has 0 bridgehead atoms. The zero-order valence-corrected chi connectivity index (χ0v) is 16.6. The van der Waals surface area contributed by atoms with E-state index in [-0.39, 0.29) is 32.4 Å². The summed E-state index contributed by atoms with van der Waals surface area (Å²) in [5, 5.41) is 6.33. The normalized spacial score (nSPS) is 15.1. The average Bonchev–Trinajstić information content (AvgIpc) is 2.59. The van der Waals surface area contributed by atoms with Crippen LogP contribution < -0.4 is 16.0 Å². The molecule has 0 fully saturated rings. The van der Waals surface area contributed by atoms with Crippen molar-refractivity contribution in [2.24, 2.45) is 0 Å². The van der Waals surface area contributed by atoms with Crippen LogP contribution >= 0.6 is 0 Å². The summed E-state index contributed by atoms with van der Waals surface area (Å²) >= 11 is 0. The van der Waals surface area contributed by atoms with Crippen molar-refractivity contribution in [3.05, 3.63) is 0 Å². The molecule has 0 aliphatic rings. The van der Waals surface area contributed by atoms with Crippen molar-refractivity contribution in [1.82, 2.24) is 16.0 Å². The molecule has 3 N–H and O–H groups in total. The molecule has 0 spiro atoms. The Morgan fingerprint density at radius 1 is 0.800 bits per heavy atom. The predicted octanol–water partition coefficient (Wildman–Crippen LogP) is 1.05. The fourth-order valence-electron chi connectivity index (χ4n) is 2.37. The summed E-state index contributed by atoms with van der Waals surface area (Å²) in [5.74, 6) is -3.68. The van der Waals surface area contributed by atoms with Crippen LogP contribution in [0.15, 0.2) is 0 Å². The number of halogens is 6. The van der Waals surface area contributed by atoms with Gasteiger partial charge in [0, 0.05) is 27.3 Å². The van der Waals surface area contributed by atoms with Gasteiger partial charge in [-0.1, -0.05) is 0 Å². The van der Waals surface area contributed by atoms with E-state index in [1.807, 2.05) is 10.6 Å². The first-order chi connectivity index (χ1) is 13.8. The first-order valence-electron chi connectivity index (χ1n) is 8.84. The van der Waals surface area contributed by atoms with Gasteiger partial charge in [0.1, 0.15) is 6.04 Å². The second kappa shape index (κ2) is 12.6. The smallest absolute Gasteiger partial charge is 0.363 e. The van der Waals surface area contributed by atoms with E-state index < -0.39 is 48.3 Å². The van der Waals surface area contributed by atoms with Crippen LogP contribution in [-0.2, 0) is 23.9 Å². The predicted molar refractivity (Wildman–Crippen MR) is 91.2 cm³/mol. The van der Waals surface area contributed by atoms with E-state index >= 15 is 0 Å². The monoisotopic (exact) mass is 453 g/mol. The number of hydrogen-bond acceptors (Lipinski definition) is 5. The van der Waals surface area contributed by atoms with Crippen molar-refractivity contribution in [2.45, 2.75) is 56.8 Å². The fourth-order valence-corrected chi connectivity index (χ4v) is 2.37. The molecule has 0 heterocycles. The van der Waals surface area contributed by atoms with Crippen LogP contribution in [0, 0.1) is 0 Å². The van der Waals surface area contributed by atoms with Crippen molar-refractivity contribution >= 4 is 17.7 Å². The Kier molecular flexibility index (Phi) is 11.7. The molecule has 0 aromatic heterocycles. The molecule has 0 saturated heterocycles. The number of ether oxygens (including phenoxy) is 2. The van der Waals surface area contributed by atoms with Gasteiger partial charge in [0.25, 0.3) is 11.8 Å². The quantitative estimate of drug-likeness (QED) is 0.303. The van der Waals surface area contributed by atoms with Gasteiger partial charge in [0.05, 0.1) is 0 Å². The summed E-state index contributed by atoms with van der Waals surface area (Å²) in [6.07, 6.45) is -15.2. The summed E-state index contributed by atoms with van der Waals surface area (Å²) in [6, 6.07) is -1.32. The Bertz CT molecular complexity index is 571. The second-order valence-corrected chi connectivity index (χ2v) is 6.06. The number of likely N-dealkylation sites (N-methyl/N-ethyl adjacent to an activating group) is 1. The third kappa shape index (κ3) is 9.61. The van der Waals surface area contributed by atoms with E-state index in [2.05, 4.69) is 14.8 Å². The molecule has 3 unspecified atom stereocenters.